The summed E-state index contributed by atoms with van der Waals surface area (Å²) in [4.78, 5) is 13.1. The maximum atomic E-state index is 11.3. The summed E-state index contributed by atoms with van der Waals surface area (Å²) in [5, 5.41) is 10.8. The van der Waals surface area contributed by atoms with Crippen LogP contribution in [0.1, 0.15) is 25.8 Å². The molecular formula is C12H15BrN2O2S2. The van der Waals surface area contributed by atoms with E-state index in [1.165, 1.54) is 16.2 Å². The third-order valence-corrected chi connectivity index (χ3v) is 4.92. The molecule has 3 N–H and O–H groups in total. The van der Waals surface area contributed by atoms with Crippen molar-refractivity contribution < 1.29 is 31.4 Å². The Kier molecular flexibility index (Phi) is 6.12. The van der Waals surface area contributed by atoms with Gasteiger partial charge in [0, 0.05) is 25.5 Å². The fourth-order valence-electron chi connectivity index (χ4n) is 1.81. The van der Waals surface area contributed by atoms with Crippen molar-refractivity contribution in [3.8, 4) is 0 Å². The SMILES string of the molecule is Cc1c(CCO)sc[n+]1Cc1ccsc1C(N)=O.[Br-]. The van der Waals surface area contributed by atoms with E-state index in [2.05, 4.69) is 4.57 Å². The highest BCUT2D eigenvalue weighted by atomic mass is 79.9. The lowest BCUT2D eigenvalue weighted by Crippen LogP contribution is -3.00. The van der Waals surface area contributed by atoms with Crippen LogP contribution in [0.25, 0.3) is 0 Å². The maximum Gasteiger partial charge on any atom is 0.259 e. The topological polar surface area (TPSA) is 67.2 Å². The smallest absolute Gasteiger partial charge is 0.259 e. The van der Waals surface area contributed by atoms with Crippen LogP contribution in [0.5, 0.6) is 0 Å². The molecule has 7 heteroatoms. The van der Waals surface area contributed by atoms with Gasteiger partial charge < -0.3 is 27.8 Å². The van der Waals surface area contributed by atoms with E-state index >= 15 is 0 Å². The predicted molar refractivity (Wildman–Crippen MR) is 72.0 cm³/mol. The van der Waals surface area contributed by atoms with Crippen molar-refractivity contribution in [2.75, 3.05) is 6.61 Å². The zero-order chi connectivity index (χ0) is 13.1. The first-order valence-electron chi connectivity index (χ1n) is 5.57. The average molecular weight is 363 g/mol. The molecule has 0 aliphatic carbocycles. The van der Waals surface area contributed by atoms with Gasteiger partial charge in [0.25, 0.3) is 5.91 Å². The van der Waals surface area contributed by atoms with Gasteiger partial charge in [-0.1, -0.05) is 11.3 Å². The van der Waals surface area contributed by atoms with Gasteiger partial charge in [0.1, 0.15) is 4.88 Å². The van der Waals surface area contributed by atoms with Crippen molar-refractivity contribution in [2.45, 2.75) is 19.9 Å². The molecule has 2 rings (SSSR count). The molecule has 0 saturated carbocycles. The van der Waals surface area contributed by atoms with Crippen LogP contribution in [0.3, 0.4) is 0 Å². The van der Waals surface area contributed by atoms with Gasteiger partial charge in [-0.05, 0) is 11.4 Å². The molecule has 0 unspecified atom stereocenters. The van der Waals surface area contributed by atoms with Gasteiger partial charge in [-0.15, -0.1) is 11.3 Å². The Labute approximate surface area is 130 Å². The predicted octanol–water partition coefficient (Wildman–Crippen LogP) is -1.91. The summed E-state index contributed by atoms with van der Waals surface area (Å²) in [7, 11) is 0. The molecule has 0 saturated heterocycles. The number of rotatable bonds is 5. The van der Waals surface area contributed by atoms with Crippen molar-refractivity contribution in [3.63, 3.8) is 0 Å². The number of halogens is 1. The Morgan fingerprint density at radius 1 is 1.47 bits per heavy atom. The van der Waals surface area contributed by atoms with Gasteiger partial charge in [0.15, 0.2) is 12.2 Å². The number of nitrogens with zero attached hydrogens (tertiary/aromatic N) is 1. The number of hydrogen-bond acceptors (Lipinski definition) is 4. The van der Waals surface area contributed by atoms with Crippen molar-refractivity contribution >= 4 is 28.6 Å². The minimum absolute atomic E-state index is 0. The summed E-state index contributed by atoms with van der Waals surface area (Å²) in [5.74, 6) is -0.371. The number of thiazole rings is 1. The number of aromatic nitrogens is 1. The van der Waals surface area contributed by atoms with Gasteiger partial charge in [-0.25, -0.2) is 0 Å². The molecule has 0 aromatic carbocycles. The number of amides is 1. The lowest BCUT2D eigenvalue weighted by atomic mass is 10.2. The standard InChI is InChI=1S/C12H14N2O2S2.BrH/c1-8-10(2-4-15)18-7-14(8)6-9-3-5-17-11(9)12(13)16;/h3,5,7,15H,2,4,6H2,1H3,(H-,13,16);1H. The van der Waals surface area contributed by atoms with Gasteiger partial charge >= 0.3 is 0 Å². The minimum atomic E-state index is -0.371. The molecule has 2 heterocycles. The van der Waals surface area contributed by atoms with Crippen LogP contribution >= 0.6 is 22.7 Å². The Morgan fingerprint density at radius 2 is 2.21 bits per heavy atom. The molecular weight excluding hydrogens is 348 g/mol. The highest BCUT2D eigenvalue weighted by Crippen LogP contribution is 2.17. The van der Waals surface area contributed by atoms with Crippen LogP contribution in [0.4, 0.5) is 0 Å². The highest BCUT2D eigenvalue weighted by molar-refractivity contribution is 7.12. The summed E-state index contributed by atoms with van der Waals surface area (Å²) in [6.45, 7) is 2.83. The van der Waals surface area contributed by atoms with E-state index in [1.807, 2.05) is 23.9 Å². The van der Waals surface area contributed by atoms with E-state index in [9.17, 15) is 4.79 Å². The lowest BCUT2D eigenvalue weighted by molar-refractivity contribution is -0.689. The molecule has 2 aromatic rings. The Balaban J connectivity index is 0.00000180. The molecule has 0 fully saturated rings. The first-order chi connectivity index (χ1) is 8.63. The quantitative estimate of drug-likeness (QED) is 0.609. The summed E-state index contributed by atoms with van der Waals surface area (Å²) in [6.07, 6.45) is 0.676. The molecule has 4 nitrogen and oxygen atoms in total. The zero-order valence-electron chi connectivity index (χ0n) is 10.4. The molecule has 0 aliphatic rings. The number of carbonyl (C=O) groups is 1. The molecule has 0 spiro atoms. The Morgan fingerprint density at radius 3 is 2.84 bits per heavy atom. The number of thiophene rings is 1. The number of carbonyl (C=O) groups excluding carboxylic acids is 1. The summed E-state index contributed by atoms with van der Waals surface area (Å²) in [5.41, 5.74) is 9.44. The zero-order valence-corrected chi connectivity index (χ0v) is 13.6. The van der Waals surface area contributed by atoms with Gasteiger partial charge in [-0.3, -0.25) is 4.79 Å². The largest absolute Gasteiger partial charge is 1.00 e. The molecule has 19 heavy (non-hydrogen) atoms. The third kappa shape index (κ3) is 3.62. The maximum absolute atomic E-state index is 11.3. The van der Waals surface area contributed by atoms with Crippen LogP contribution in [-0.2, 0) is 13.0 Å². The Bertz CT molecular complexity index is 566. The van der Waals surface area contributed by atoms with E-state index in [-0.39, 0.29) is 29.5 Å². The van der Waals surface area contributed by atoms with Crippen molar-refractivity contribution in [1.29, 1.82) is 0 Å². The number of aliphatic hydroxyl groups excluding tert-OH is 1. The second-order valence-corrected chi connectivity index (χ2v) is 5.83. The summed E-state index contributed by atoms with van der Waals surface area (Å²) in [6, 6.07) is 1.93. The molecule has 0 radical (unpaired) electrons. The lowest BCUT2D eigenvalue weighted by Gasteiger charge is -1.97. The molecule has 0 aliphatic heterocycles. The third-order valence-electron chi connectivity index (χ3n) is 2.81. The molecule has 104 valence electrons. The summed E-state index contributed by atoms with van der Waals surface area (Å²) >= 11 is 3.00. The number of primary amides is 1. The molecule has 0 bridgehead atoms. The van der Waals surface area contributed by atoms with Gasteiger partial charge in [-0.2, -0.15) is 4.57 Å². The normalized spacial score (nSPS) is 10.2. The minimum Gasteiger partial charge on any atom is -1.00 e. The number of hydrogen-bond donors (Lipinski definition) is 2. The first-order valence-corrected chi connectivity index (χ1v) is 7.33. The first kappa shape index (κ1) is 16.3. The fourth-order valence-corrected chi connectivity index (χ4v) is 3.56. The number of aliphatic hydroxyl groups is 1. The van der Waals surface area contributed by atoms with E-state index in [4.69, 9.17) is 10.8 Å². The second kappa shape index (κ2) is 7.14. The fraction of sp³-hybridized carbons (Fsp3) is 0.333. The molecule has 2 aromatic heterocycles. The average Bonchev–Trinajstić information content (AvgIpc) is 2.91. The van der Waals surface area contributed by atoms with Crippen LogP contribution < -0.4 is 27.3 Å². The van der Waals surface area contributed by atoms with Crippen LogP contribution in [-0.4, -0.2) is 17.6 Å². The molecule has 0 atom stereocenters. The second-order valence-electron chi connectivity index (χ2n) is 3.97. The van der Waals surface area contributed by atoms with E-state index in [0.717, 1.165) is 11.3 Å². The van der Waals surface area contributed by atoms with E-state index in [1.54, 1.807) is 11.3 Å². The van der Waals surface area contributed by atoms with E-state index < -0.39 is 0 Å². The van der Waals surface area contributed by atoms with Crippen molar-refractivity contribution in [2.24, 2.45) is 5.73 Å². The van der Waals surface area contributed by atoms with Crippen LogP contribution in [0.2, 0.25) is 0 Å². The monoisotopic (exact) mass is 362 g/mol. The van der Waals surface area contributed by atoms with Gasteiger partial charge in [0.2, 0.25) is 5.51 Å². The highest BCUT2D eigenvalue weighted by Gasteiger charge is 2.18. The van der Waals surface area contributed by atoms with Crippen molar-refractivity contribution in [1.82, 2.24) is 0 Å². The van der Waals surface area contributed by atoms with Crippen LogP contribution in [0, 0.1) is 6.92 Å². The van der Waals surface area contributed by atoms with Crippen molar-refractivity contribution in [3.05, 3.63) is 38.0 Å². The van der Waals surface area contributed by atoms with Crippen LogP contribution in [0.15, 0.2) is 17.0 Å². The Hall–Kier alpha value is -0.760. The summed E-state index contributed by atoms with van der Waals surface area (Å²) < 4.78 is 2.09. The van der Waals surface area contributed by atoms with E-state index in [0.29, 0.717) is 17.8 Å². The molecule has 1 amide bonds. The van der Waals surface area contributed by atoms with Gasteiger partial charge in [0.05, 0.1) is 4.88 Å². The number of nitrogens with two attached hydrogens (primary N) is 1.